The Morgan fingerprint density at radius 1 is 1.29 bits per heavy atom. The van der Waals surface area contributed by atoms with Gasteiger partial charge >= 0.3 is 0 Å². The molecule has 0 amide bonds. The maximum Gasteiger partial charge on any atom is 0.183 e. The molecule has 1 aliphatic rings. The van der Waals surface area contributed by atoms with E-state index < -0.39 is 0 Å². The van der Waals surface area contributed by atoms with E-state index >= 15 is 0 Å². The number of nitrogens with zero attached hydrogens (tertiary/aromatic N) is 5. The molecule has 1 N–H and O–H groups in total. The molecule has 6 nitrogen and oxygen atoms in total. The van der Waals surface area contributed by atoms with Crippen LogP contribution in [0.4, 0.5) is 0 Å². The van der Waals surface area contributed by atoms with Crippen LogP contribution >= 0.6 is 0 Å². The first-order valence-corrected chi connectivity index (χ1v) is 5.84. The number of aromatic nitrogens is 5. The van der Waals surface area contributed by atoms with Crippen molar-refractivity contribution in [2.45, 2.75) is 18.9 Å². The van der Waals surface area contributed by atoms with E-state index in [1.54, 1.807) is 12.4 Å². The molecule has 6 heteroatoms. The van der Waals surface area contributed by atoms with Crippen LogP contribution in [0.25, 0.3) is 11.4 Å². The highest BCUT2D eigenvalue weighted by molar-refractivity contribution is 5.52. The number of rotatable bonds is 2. The molecule has 2 aromatic heterocycles. The minimum atomic E-state index is 0.390. The highest BCUT2D eigenvalue weighted by Crippen LogP contribution is 2.23. The fourth-order valence-corrected chi connectivity index (χ4v) is 2.18. The van der Waals surface area contributed by atoms with E-state index in [1.165, 1.54) is 0 Å². The fourth-order valence-electron chi connectivity index (χ4n) is 2.18. The van der Waals surface area contributed by atoms with Crippen molar-refractivity contribution in [1.82, 2.24) is 30.5 Å². The Hall–Kier alpha value is -1.82. The van der Waals surface area contributed by atoms with Gasteiger partial charge in [-0.1, -0.05) is 0 Å². The average molecular weight is 230 g/mol. The minimum Gasteiger partial charge on any atom is -0.317 e. The predicted octanol–water partition coefficient (Wildman–Crippen LogP) is 0.660. The molecule has 0 aromatic carbocycles. The van der Waals surface area contributed by atoms with Gasteiger partial charge in [-0.25, -0.2) is 4.68 Å². The Morgan fingerprint density at radius 2 is 2.18 bits per heavy atom. The van der Waals surface area contributed by atoms with E-state index in [4.69, 9.17) is 0 Å². The normalized spacial score (nSPS) is 17.2. The van der Waals surface area contributed by atoms with Crippen molar-refractivity contribution in [2.24, 2.45) is 0 Å². The molecule has 17 heavy (non-hydrogen) atoms. The van der Waals surface area contributed by atoms with Crippen LogP contribution < -0.4 is 5.32 Å². The van der Waals surface area contributed by atoms with Crippen molar-refractivity contribution in [3.05, 3.63) is 24.5 Å². The molecule has 1 fully saturated rings. The molecule has 0 aliphatic carbocycles. The lowest BCUT2D eigenvalue weighted by Crippen LogP contribution is -2.30. The smallest absolute Gasteiger partial charge is 0.183 e. The van der Waals surface area contributed by atoms with Crippen molar-refractivity contribution in [1.29, 1.82) is 0 Å². The maximum atomic E-state index is 4.12. The van der Waals surface area contributed by atoms with Gasteiger partial charge in [-0.2, -0.15) is 0 Å². The minimum absolute atomic E-state index is 0.390. The van der Waals surface area contributed by atoms with Crippen LogP contribution in [-0.4, -0.2) is 38.3 Å². The van der Waals surface area contributed by atoms with E-state index in [0.29, 0.717) is 6.04 Å². The summed E-state index contributed by atoms with van der Waals surface area (Å²) >= 11 is 0. The number of tetrazole rings is 1. The molecule has 1 saturated heterocycles. The molecule has 2 aromatic rings. The average Bonchev–Trinajstić information content (AvgIpc) is 2.90. The van der Waals surface area contributed by atoms with Crippen LogP contribution in [0, 0.1) is 0 Å². The Bertz CT molecular complexity index is 474. The van der Waals surface area contributed by atoms with Gasteiger partial charge in [0.2, 0.25) is 0 Å². The maximum absolute atomic E-state index is 4.12. The summed E-state index contributed by atoms with van der Waals surface area (Å²) in [7, 11) is 0. The van der Waals surface area contributed by atoms with E-state index in [-0.39, 0.29) is 0 Å². The first kappa shape index (κ1) is 10.3. The molecule has 0 bridgehead atoms. The number of hydrogen-bond acceptors (Lipinski definition) is 5. The number of nitrogens with one attached hydrogen (secondary N) is 1. The van der Waals surface area contributed by atoms with Gasteiger partial charge in [0.1, 0.15) is 0 Å². The van der Waals surface area contributed by atoms with E-state index in [9.17, 15) is 0 Å². The zero-order valence-corrected chi connectivity index (χ0v) is 9.45. The third-order valence-electron chi connectivity index (χ3n) is 3.07. The van der Waals surface area contributed by atoms with Gasteiger partial charge in [-0.15, -0.1) is 5.10 Å². The van der Waals surface area contributed by atoms with Gasteiger partial charge in [0, 0.05) is 18.0 Å². The Balaban J connectivity index is 1.93. The van der Waals surface area contributed by atoms with Crippen LogP contribution in [-0.2, 0) is 0 Å². The second kappa shape index (κ2) is 4.58. The summed E-state index contributed by atoms with van der Waals surface area (Å²) in [5.41, 5.74) is 0.969. The van der Waals surface area contributed by atoms with Gasteiger partial charge in [-0.05, 0) is 48.5 Å². The van der Waals surface area contributed by atoms with Gasteiger partial charge in [-0.3, -0.25) is 4.98 Å². The van der Waals surface area contributed by atoms with Crippen LogP contribution in [0.3, 0.4) is 0 Å². The highest BCUT2D eigenvalue weighted by Gasteiger charge is 2.20. The molecule has 0 unspecified atom stereocenters. The highest BCUT2D eigenvalue weighted by atomic mass is 15.5. The zero-order valence-electron chi connectivity index (χ0n) is 9.45. The Morgan fingerprint density at radius 3 is 2.94 bits per heavy atom. The summed E-state index contributed by atoms with van der Waals surface area (Å²) in [5, 5.41) is 15.3. The van der Waals surface area contributed by atoms with Gasteiger partial charge in [0.25, 0.3) is 0 Å². The lowest BCUT2D eigenvalue weighted by Gasteiger charge is -2.23. The number of piperidine rings is 1. The summed E-state index contributed by atoms with van der Waals surface area (Å²) in [5.74, 6) is 0.810. The first-order chi connectivity index (χ1) is 8.45. The predicted molar refractivity (Wildman–Crippen MR) is 62.2 cm³/mol. The van der Waals surface area contributed by atoms with E-state index in [2.05, 4.69) is 25.8 Å². The van der Waals surface area contributed by atoms with Crippen LogP contribution in [0.15, 0.2) is 24.5 Å². The molecular formula is C11H14N6. The molecule has 0 atom stereocenters. The summed E-state index contributed by atoms with van der Waals surface area (Å²) in [6.45, 7) is 2.05. The van der Waals surface area contributed by atoms with Gasteiger partial charge in [0.05, 0.1) is 6.04 Å². The monoisotopic (exact) mass is 230 g/mol. The summed E-state index contributed by atoms with van der Waals surface area (Å²) < 4.78 is 1.93. The van der Waals surface area contributed by atoms with E-state index in [1.807, 2.05) is 16.8 Å². The van der Waals surface area contributed by atoms with Crippen LogP contribution in [0.2, 0.25) is 0 Å². The fraction of sp³-hybridized carbons (Fsp3) is 0.455. The molecule has 3 heterocycles. The van der Waals surface area contributed by atoms with Gasteiger partial charge in [0.15, 0.2) is 5.82 Å². The standard InChI is InChI=1S/C11H14N6/c1-2-9(8-13-5-1)11-14-15-16-17(11)10-3-6-12-7-4-10/h1-2,5,8,10,12H,3-4,6-7H2. The number of pyridine rings is 1. The van der Waals surface area contributed by atoms with Crippen molar-refractivity contribution < 1.29 is 0 Å². The summed E-state index contributed by atoms with van der Waals surface area (Å²) in [6, 6.07) is 4.27. The lowest BCUT2D eigenvalue weighted by atomic mass is 10.1. The van der Waals surface area contributed by atoms with Crippen molar-refractivity contribution >= 4 is 0 Å². The van der Waals surface area contributed by atoms with Crippen molar-refractivity contribution in [3.63, 3.8) is 0 Å². The topological polar surface area (TPSA) is 68.5 Å². The van der Waals surface area contributed by atoms with Crippen molar-refractivity contribution in [2.75, 3.05) is 13.1 Å². The van der Waals surface area contributed by atoms with E-state index in [0.717, 1.165) is 37.3 Å². The molecule has 3 rings (SSSR count). The molecular weight excluding hydrogens is 216 g/mol. The zero-order chi connectivity index (χ0) is 11.5. The van der Waals surface area contributed by atoms with Crippen molar-refractivity contribution in [3.8, 4) is 11.4 Å². The van der Waals surface area contributed by atoms with Crippen LogP contribution in [0.5, 0.6) is 0 Å². The quantitative estimate of drug-likeness (QED) is 0.820. The Kier molecular flexibility index (Phi) is 2.79. The third-order valence-corrected chi connectivity index (χ3v) is 3.07. The second-order valence-electron chi connectivity index (χ2n) is 4.17. The van der Waals surface area contributed by atoms with Gasteiger partial charge < -0.3 is 5.32 Å². The lowest BCUT2D eigenvalue weighted by molar-refractivity contribution is 0.340. The summed E-state index contributed by atoms with van der Waals surface area (Å²) in [6.07, 6.45) is 5.68. The molecule has 0 saturated carbocycles. The molecule has 1 aliphatic heterocycles. The Labute approximate surface area is 99.1 Å². The molecule has 0 radical (unpaired) electrons. The summed E-state index contributed by atoms with van der Waals surface area (Å²) in [4.78, 5) is 4.11. The molecule has 0 spiro atoms. The number of hydrogen-bond donors (Lipinski definition) is 1. The van der Waals surface area contributed by atoms with Crippen LogP contribution in [0.1, 0.15) is 18.9 Å². The third kappa shape index (κ3) is 2.03. The SMILES string of the molecule is c1cncc(-c2nnnn2C2CCNCC2)c1. The largest absolute Gasteiger partial charge is 0.317 e. The first-order valence-electron chi connectivity index (χ1n) is 5.84. The molecule has 88 valence electrons. The second-order valence-corrected chi connectivity index (χ2v) is 4.17.